The van der Waals surface area contributed by atoms with Crippen LogP contribution in [0.25, 0.3) is 0 Å². The van der Waals surface area contributed by atoms with Crippen molar-refractivity contribution in [1.29, 1.82) is 5.26 Å². The Kier molecular flexibility index (Phi) is 4.26. The second-order valence-electron chi connectivity index (χ2n) is 4.94. The van der Waals surface area contributed by atoms with Gasteiger partial charge in [-0.25, -0.2) is 0 Å². The van der Waals surface area contributed by atoms with Gasteiger partial charge in [0, 0.05) is 11.0 Å². The standard InChI is InChI=1S/C14H17BrN2O/c15-12-5-4-11(9-16)13(8-12)17-10-14(18)6-2-1-3-7-14/h4-5,8,17-18H,1-3,6-7,10H2. The molecule has 0 heterocycles. The monoisotopic (exact) mass is 308 g/mol. The molecular weight excluding hydrogens is 292 g/mol. The van der Waals surface area contributed by atoms with E-state index in [1.807, 2.05) is 12.1 Å². The Labute approximate surface area is 116 Å². The lowest BCUT2D eigenvalue weighted by molar-refractivity contribution is 0.0167. The van der Waals surface area contributed by atoms with E-state index in [1.54, 1.807) is 6.07 Å². The predicted molar refractivity (Wildman–Crippen MR) is 75.4 cm³/mol. The molecule has 2 rings (SSSR count). The number of hydrogen-bond acceptors (Lipinski definition) is 3. The molecular formula is C14H17BrN2O. The van der Waals surface area contributed by atoms with Crippen molar-refractivity contribution < 1.29 is 5.11 Å². The van der Waals surface area contributed by atoms with Crippen LogP contribution in [0.1, 0.15) is 37.7 Å². The van der Waals surface area contributed by atoms with Crippen LogP contribution in [0, 0.1) is 11.3 Å². The molecule has 2 N–H and O–H groups in total. The second kappa shape index (κ2) is 5.73. The SMILES string of the molecule is N#Cc1ccc(Br)cc1NCC1(O)CCCCC1. The molecule has 0 saturated heterocycles. The molecule has 0 aliphatic heterocycles. The third-order valence-corrected chi connectivity index (χ3v) is 3.99. The van der Waals surface area contributed by atoms with Gasteiger partial charge in [0.05, 0.1) is 16.9 Å². The first-order chi connectivity index (χ1) is 8.63. The summed E-state index contributed by atoms with van der Waals surface area (Å²) in [6.45, 7) is 0.512. The van der Waals surface area contributed by atoms with Gasteiger partial charge in [0.15, 0.2) is 0 Å². The van der Waals surface area contributed by atoms with E-state index in [4.69, 9.17) is 5.26 Å². The maximum Gasteiger partial charge on any atom is 0.101 e. The molecule has 0 radical (unpaired) electrons. The van der Waals surface area contributed by atoms with E-state index >= 15 is 0 Å². The summed E-state index contributed by atoms with van der Waals surface area (Å²) in [5.74, 6) is 0. The van der Waals surface area contributed by atoms with Crippen LogP contribution < -0.4 is 5.32 Å². The lowest BCUT2D eigenvalue weighted by Crippen LogP contribution is -2.38. The smallest absolute Gasteiger partial charge is 0.101 e. The van der Waals surface area contributed by atoms with E-state index in [1.165, 1.54) is 6.42 Å². The minimum atomic E-state index is -0.618. The molecule has 1 aromatic carbocycles. The predicted octanol–water partition coefficient (Wildman–Crippen LogP) is 3.43. The zero-order valence-corrected chi connectivity index (χ0v) is 11.8. The number of nitrogens with zero attached hydrogens (tertiary/aromatic N) is 1. The lowest BCUT2D eigenvalue weighted by atomic mass is 9.85. The fraction of sp³-hybridized carbons (Fsp3) is 0.500. The average Bonchev–Trinajstić information content (AvgIpc) is 2.38. The van der Waals surface area contributed by atoms with Gasteiger partial charge in [-0.1, -0.05) is 35.2 Å². The molecule has 1 aliphatic carbocycles. The largest absolute Gasteiger partial charge is 0.388 e. The first-order valence-corrected chi connectivity index (χ1v) is 7.08. The summed E-state index contributed by atoms with van der Waals surface area (Å²) in [5.41, 5.74) is 0.774. The number of anilines is 1. The Morgan fingerprint density at radius 3 is 2.72 bits per heavy atom. The molecule has 1 aliphatic rings. The number of nitriles is 1. The topological polar surface area (TPSA) is 56.0 Å². The summed E-state index contributed by atoms with van der Waals surface area (Å²) in [6, 6.07) is 7.66. The number of rotatable bonds is 3. The zero-order valence-electron chi connectivity index (χ0n) is 10.2. The van der Waals surface area contributed by atoms with Crippen molar-refractivity contribution in [3.05, 3.63) is 28.2 Å². The summed E-state index contributed by atoms with van der Waals surface area (Å²) >= 11 is 3.39. The van der Waals surface area contributed by atoms with Crippen molar-refractivity contribution in [2.75, 3.05) is 11.9 Å². The highest BCUT2D eigenvalue weighted by molar-refractivity contribution is 9.10. The molecule has 18 heavy (non-hydrogen) atoms. The molecule has 1 aromatic rings. The molecule has 0 bridgehead atoms. The molecule has 1 fully saturated rings. The molecule has 4 heteroatoms. The Balaban J connectivity index is 2.05. The van der Waals surface area contributed by atoms with E-state index in [9.17, 15) is 5.11 Å². The van der Waals surface area contributed by atoms with Crippen LogP contribution in [0.15, 0.2) is 22.7 Å². The molecule has 0 unspecified atom stereocenters. The number of benzene rings is 1. The fourth-order valence-electron chi connectivity index (χ4n) is 2.41. The summed E-state index contributed by atoms with van der Waals surface area (Å²) in [4.78, 5) is 0. The minimum Gasteiger partial charge on any atom is -0.388 e. The van der Waals surface area contributed by atoms with Crippen molar-refractivity contribution in [3.63, 3.8) is 0 Å². The Morgan fingerprint density at radius 2 is 2.06 bits per heavy atom. The van der Waals surface area contributed by atoms with Gasteiger partial charge in [0.25, 0.3) is 0 Å². The van der Waals surface area contributed by atoms with E-state index in [0.29, 0.717) is 12.1 Å². The molecule has 1 saturated carbocycles. The van der Waals surface area contributed by atoms with Crippen LogP contribution in [0.3, 0.4) is 0 Å². The molecule has 0 spiro atoms. The van der Waals surface area contributed by atoms with Crippen molar-refractivity contribution in [2.45, 2.75) is 37.7 Å². The van der Waals surface area contributed by atoms with E-state index < -0.39 is 5.60 Å². The quantitative estimate of drug-likeness (QED) is 0.899. The molecule has 96 valence electrons. The van der Waals surface area contributed by atoms with Crippen LogP contribution in [0.5, 0.6) is 0 Å². The Hall–Kier alpha value is -1.05. The van der Waals surface area contributed by atoms with Gasteiger partial charge in [-0.05, 0) is 31.0 Å². The van der Waals surface area contributed by atoms with Crippen LogP contribution in [0.4, 0.5) is 5.69 Å². The van der Waals surface area contributed by atoms with Gasteiger partial charge >= 0.3 is 0 Å². The van der Waals surface area contributed by atoms with Crippen molar-refractivity contribution >= 4 is 21.6 Å². The highest BCUT2D eigenvalue weighted by atomic mass is 79.9. The number of nitrogens with one attached hydrogen (secondary N) is 1. The van der Waals surface area contributed by atoms with E-state index in [0.717, 1.165) is 35.8 Å². The highest BCUT2D eigenvalue weighted by Crippen LogP contribution is 2.29. The lowest BCUT2D eigenvalue weighted by Gasteiger charge is -2.32. The van der Waals surface area contributed by atoms with Gasteiger partial charge in [0.1, 0.15) is 6.07 Å². The van der Waals surface area contributed by atoms with Gasteiger partial charge in [-0.15, -0.1) is 0 Å². The second-order valence-corrected chi connectivity index (χ2v) is 5.86. The van der Waals surface area contributed by atoms with Gasteiger partial charge in [0.2, 0.25) is 0 Å². The number of aliphatic hydroxyl groups is 1. The first-order valence-electron chi connectivity index (χ1n) is 6.29. The maximum atomic E-state index is 10.4. The zero-order chi connectivity index (χ0) is 13.0. The maximum absolute atomic E-state index is 10.4. The summed E-state index contributed by atoms with van der Waals surface area (Å²) in [7, 11) is 0. The molecule has 0 atom stereocenters. The summed E-state index contributed by atoms with van der Waals surface area (Å²) in [6.07, 6.45) is 5.07. The Bertz CT molecular complexity index is 461. The van der Waals surface area contributed by atoms with E-state index in [2.05, 4.69) is 27.3 Å². The molecule has 3 nitrogen and oxygen atoms in total. The normalized spacial score (nSPS) is 18.1. The first kappa shape index (κ1) is 13.4. The molecule has 0 amide bonds. The Morgan fingerprint density at radius 1 is 1.33 bits per heavy atom. The van der Waals surface area contributed by atoms with Crippen LogP contribution in [-0.4, -0.2) is 17.3 Å². The van der Waals surface area contributed by atoms with Crippen molar-refractivity contribution in [3.8, 4) is 6.07 Å². The van der Waals surface area contributed by atoms with Crippen LogP contribution in [-0.2, 0) is 0 Å². The summed E-state index contributed by atoms with van der Waals surface area (Å²) < 4.78 is 0.930. The third-order valence-electron chi connectivity index (χ3n) is 3.49. The number of halogens is 1. The van der Waals surface area contributed by atoms with Crippen molar-refractivity contribution in [2.24, 2.45) is 0 Å². The molecule has 0 aromatic heterocycles. The van der Waals surface area contributed by atoms with Crippen molar-refractivity contribution in [1.82, 2.24) is 0 Å². The number of hydrogen-bond donors (Lipinski definition) is 2. The third kappa shape index (κ3) is 3.24. The average molecular weight is 309 g/mol. The van der Waals surface area contributed by atoms with Gasteiger partial charge in [-0.3, -0.25) is 0 Å². The highest BCUT2D eigenvalue weighted by Gasteiger charge is 2.28. The fourth-order valence-corrected chi connectivity index (χ4v) is 2.77. The van der Waals surface area contributed by atoms with E-state index in [-0.39, 0.29) is 0 Å². The van der Waals surface area contributed by atoms with Gasteiger partial charge < -0.3 is 10.4 Å². The van der Waals surface area contributed by atoms with Crippen LogP contribution in [0.2, 0.25) is 0 Å². The van der Waals surface area contributed by atoms with Gasteiger partial charge in [-0.2, -0.15) is 5.26 Å². The van der Waals surface area contributed by atoms with Crippen LogP contribution >= 0.6 is 15.9 Å². The minimum absolute atomic E-state index is 0.512. The summed E-state index contributed by atoms with van der Waals surface area (Å²) in [5, 5.41) is 22.7.